The fraction of sp³-hybridized carbons (Fsp3) is 0.400. The van der Waals surface area contributed by atoms with Crippen LogP contribution in [0.3, 0.4) is 0 Å². The molecule has 1 fully saturated rings. The van der Waals surface area contributed by atoms with Crippen LogP contribution in [0, 0.1) is 5.92 Å². The molecule has 1 aromatic heterocycles. The van der Waals surface area contributed by atoms with Crippen LogP contribution >= 0.6 is 11.3 Å². The fourth-order valence-corrected chi connectivity index (χ4v) is 4.05. The highest BCUT2D eigenvalue weighted by Gasteiger charge is 2.36. The van der Waals surface area contributed by atoms with E-state index in [9.17, 15) is 14.4 Å². The summed E-state index contributed by atoms with van der Waals surface area (Å²) in [4.78, 5) is 43.9. The average Bonchev–Trinajstić information content (AvgIpc) is 3.33. The van der Waals surface area contributed by atoms with Gasteiger partial charge in [-0.15, -0.1) is 11.3 Å². The van der Waals surface area contributed by atoms with E-state index in [2.05, 4.69) is 4.98 Å². The van der Waals surface area contributed by atoms with E-state index in [0.29, 0.717) is 28.8 Å². The summed E-state index contributed by atoms with van der Waals surface area (Å²) in [6.45, 7) is 4.14. The number of rotatable bonds is 7. The van der Waals surface area contributed by atoms with E-state index in [-0.39, 0.29) is 31.4 Å². The van der Waals surface area contributed by atoms with Gasteiger partial charge in [0.15, 0.2) is 5.13 Å². The third-order valence-corrected chi connectivity index (χ3v) is 5.56. The van der Waals surface area contributed by atoms with Crippen LogP contribution in [-0.2, 0) is 25.7 Å². The molecule has 0 radical (unpaired) electrons. The summed E-state index contributed by atoms with van der Waals surface area (Å²) in [6.07, 6.45) is 0.103. The first-order valence-corrected chi connectivity index (χ1v) is 10.1. The predicted molar refractivity (Wildman–Crippen MR) is 109 cm³/mol. The van der Waals surface area contributed by atoms with Gasteiger partial charge in [-0.05, 0) is 19.1 Å². The monoisotopic (exact) mass is 417 g/mol. The third-order valence-electron chi connectivity index (χ3n) is 4.65. The Morgan fingerprint density at radius 2 is 2.17 bits per heavy atom. The molecule has 2 aromatic rings. The van der Waals surface area contributed by atoms with Crippen LogP contribution in [0.5, 0.6) is 5.75 Å². The lowest BCUT2D eigenvalue weighted by Gasteiger charge is -2.17. The maximum atomic E-state index is 12.5. The molecular formula is C20H23N3O5S. The Morgan fingerprint density at radius 3 is 2.86 bits per heavy atom. The summed E-state index contributed by atoms with van der Waals surface area (Å²) in [5, 5.41) is 2.34. The van der Waals surface area contributed by atoms with E-state index in [4.69, 9.17) is 9.47 Å². The van der Waals surface area contributed by atoms with Crippen molar-refractivity contribution in [1.29, 1.82) is 0 Å². The minimum absolute atomic E-state index is 0.00857. The largest absolute Gasteiger partial charge is 0.497 e. The minimum atomic E-state index is -0.531. The Bertz CT molecular complexity index is 913. The SMILES string of the molecule is CCN(C(C)=O)c1nc(COC(=O)C2CC(=O)N(c3cccc(OC)c3)C2)cs1. The van der Waals surface area contributed by atoms with Gasteiger partial charge in [-0.25, -0.2) is 4.98 Å². The number of thiazole rings is 1. The molecule has 8 nitrogen and oxygen atoms in total. The number of nitrogens with zero attached hydrogens (tertiary/aromatic N) is 3. The number of anilines is 2. The number of methoxy groups -OCH3 is 1. The van der Waals surface area contributed by atoms with Crippen molar-refractivity contribution in [1.82, 2.24) is 4.98 Å². The zero-order chi connectivity index (χ0) is 21.0. The zero-order valence-electron chi connectivity index (χ0n) is 16.6. The van der Waals surface area contributed by atoms with Gasteiger partial charge in [0, 0.05) is 43.6 Å². The first-order chi connectivity index (χ1) is 13.9. The van der Waals surface area contributed by atoms with Crippen molar-refractivity contribution in [2.75, 3.05) is 30.0 Å². The lowest BCUT2D eigenvalue weighted by atomic mass is 10.1. The van der Waals surface area contributed by atoms with Crippen molar-refractivity contribution in [3.8, 4) is 5.75 Å². The molecule has 1 aromatic carbocycles. The van der Waals surface area contributed by atoms with Gasteiger partial charge in [-0.2, -0.15) is 0 Å². The van der Waals surface area contributed by atoms with Crippen LogP contribution in [0.1, 0.15) is 26.0 Å². The number of carbonyl (C=O) groups is 3. The van der Waals surface area contributed by atoms with E-state index in [1.165, 1.54) is 18.3 Å². The number of ether oxygens (including phenoxy) is 2. The molecule has 9 heteroatoms. The van der Waals surface area contributed by atoms with Gasteiger partial charge in [-0.3, -0.25) is 19.3 Å². The topological polar surface area (TPSA) is 89.0 Å². The molecule has 1 aliphatic heterocycles. The summed E-state index contributed by atoms with van der Waals surface area (Å²) < 4.78 is 10.6. The van der Waals surface area contributed by atoms with Crippen LogP contribution in [0.4, 0.5) is 10.8 Å². The first-order valence-electron chi connectivity index (χ1n) is 9.26. The third kappa shape index (κ3) is 4.73. The van der Waals surface area contributed by atoms with E-state index in [1.54, 1.807) is 46.6 Å². The second kappa shape index (κ2) is 9.04. The molecule has 1 unspecified atom stereocenters. The van der Waals surface area contributed by atoms with Crippen molar-refractivity contribution in [3.63, 3.8) is 0 Å². The molecule has 154 valence electrons. The molecule has 1 atom stereocenters. The average molecular weight is 417 g/mol. The first kappa shape index (κ1) is 20.8. The standard InChI is InChI=1S/C20H23N3O5S/c1-4-22(13(2)24)20-21-15(12-29-20)11-28-19(26)14-8-18(25)23(10-14)16-6-5-7-17(9-16)27-3/h5-7,9,12,14H,4,8,10-11H2,1-3H3. The number of amides is 2. The molecule has 29 heavy (non-hydrogen) atoms. The van der Waals surface area contributed by atoms with Crippen LogP contribution in [-0.4, -0.2) is 43.0 Å². The normalized spacial score (nSPS) is 16.0. The predicted octanol–water partition coefficient (Wildman–Crippen LogP) is 2.62. The Balaban J connectivity index is 1.58. The summed E-state index contributed by atoms with van der Waals surface area (Å²) in [6, 6.07) is 7.16. The molecule has 0 N–H and O–H groups in total. The molecule has 2 amide bonds. The van der Waals surface area contributed by atoms with E-state index in [1.807, 2.05) is 6.92 Å². The number of aromatic nitrogens is 1. The lowest BCUT2D eigenvalue weighted by Crippen LogP contribution is -2.27. The van der Waals surface area contributed by atoms with Gasteiger partial charge in [0.2, 0.25) is 11.8 Å². The van der Waals surface area contributed by atoms with Crippen LogP contribution in [0.15, 0.2) is 29.6 Å². The molecule has 3 rings (SSSR count). The summed E-state index contributed by atoms with van der Waals surface area (Å²) in [5.41, 5.74) is 1.27. The second-order valence-electron chi connectivity index (χ2n) is 6.60. The Labute approximate surface area is 173 Å². The molecular weight excluding hydrogens is 394 g/mol. The van der Waals surface area contributed by atoms with Crippen molar-refractivity contribution < 1.29 is 23.9 Å². The van der Waals surface area contributed by atoms with Crippen LogP contribution in [0.2, 0.25) is 0 Å². The molecule has 0 saturated carbocycles. The molecule has 0 aliphatic carbocycles. The molecule has 1 saturated heterocycles. The van der Waals surface area contributed by atoms with Crippen molar-refractivity contribution in [3.05, 3.63) is 35.3 Å². The highest BCUT2D eigenvalue weighted by atomic mass is 32.1. The Morgan fingerprint density at radius 1 is 1.38 bits per heavy atom. The maximum absolute atomic E-state index is 12.5. The maximum Gasteiger partial charge on any atom is 0.311 e. The minimum Gasteiger partial charge on any atom is -0.497 e. The highest BCUT2D eigenvalue weighted by Crippen LogP contribution is 2.29. The van der Waals surface area contributed by atoms with Gasteiger partial charge in [0.1, 0.15) is 12.4 Å². The smallest absolute Gasteiger partial charge is 0.311 e. The van der Waals surface area contributed by atoms with E-state index >= 15 is 0 Å². The number of benzene rings is 1. The molecule has 0 spiro atoms. The van der Waals surface area contributed by atoms with Crippen LogP contribution in [0.25, 0.3) is 0 Å². The number of hydrogen-bond acceptors (Lipinski definition) is 7. The van der Waals surface area contributed by atoms with E-state index < -0.39 is 11.9 Å². The van der Waals surface area contributed by atoms with Crippen LogP contribution < -0.4 is 14.5 Å². The Kier molecular flexibility index (Phi) is 6.48. The fourth-order valence-electron chi connectivity index (χ4n) is 3.14. The lowest BCUT2D eigenvalue weighted by molar-refractivity contribution is -0.149. The van der Waals surface area contributed by atoms with Gasteiger partial charge in [0.25, 0.3) is 0 Å². The van der Waals surface area contributed by atoms with Gasteiger partial charge in [-0.1, -0.05) is 6.07 Å². The number of hydrogen-bond donors (Lipinski definition) is 0. The summed E-state index contributed by atoms with van der Waals surface area (Å²) >= 11 is 1.32. The van der Waals surface area contributed by atoms with E-state index in [0.717, 1.165) is 0 Å². The highest BCUT2D eigenvalue weighted by molar-refractivity contribution is 7.14. The number of esters is 1. The molecule has 0 bridgehead atoms. The van der Waals surface area contributed by atoms with Gasteiger partial charge < -0.3 is 14.4 Å². The van der Waals surface area contributed by atoms with Gasteiger partial charge >= 0.3 is 5.97 Å². The van der Waals surface area contributed by atoms with Crippen molar-refractivity contribution in [2.24, 2.45) is 5.92 Å². The summed E-state index contributed by atoms with van der Waals surface area (Å²) in [5.74, 6) is -0.538. The van der Waals surface area contributed by atoms with Gasteiger partial charge in [0.05, 0.1) is 18.7 Å². The van der Waals surface area contributed by atoms with Crippen molar-refractivity contribution in [2.45, 2.75) is 26.9 Å². The van der Waals surface area contributed by atoms with Crippen molar-refractivity contribution >= 4 is 39.9 Å². The molecule has 2 heterocycles. The summed E-state index contributed by atoms with van der Waals surface area (Å²) in [7, 11) is 1.56. The Hall–Kier alpha value is -2.94. The zero-order valence-corrected chi connectivity index (χ0v) is 17.4. The molecule has 1 aliphatic rings. The second-order valence-corrected chi connectivity index (χ2v) is 7.44. The number of carbonyl (C=O) groups excluding carboxylic acids is 3. The quantitative estimate of drug-likeness (QED) is 0.644.